The van der Waals surface area contributed by atoms with Gasteiger partial charge >= 0.3 is 6.18 Å². The summed E-state index contributed by atoms with van der Waals surface area (Å²) in [6.45, 7) is -0.345. The molecule has 1 nitrogen and oxygen atoms in total. The summed E-state index contributed by atoms with van der Waals surface area (Å²) in [6, 6.07) is 0. The molecule has 0 radical (unpaired) electrons. The monoisotopic (exact) mass is 183 g/mol. The van der Waals surface area contributed by atoms with E-state index in [1.165, 1.54) is 0 Å². The molecule has 0 aromatic heterocycles. The van der Waals surface area contributed by atoms with E-state index in [2.05, 4.69) is 4.99 Å². The minimum Gasteiger partial charge on any atom is -0.272 e. The number of dihydropyridines is 1. The summed E-state index contributed by atoms with van der Waals surface area (Å²) in [5, 5.41) is 0.234. The van der Waals surface area contributed by atoms with Gasteiger partial charge < -0.3 is 0 Å². The van der Waals surface area contributed by atoms with E-state index in [1.54, 1.807) is 0 Å². The summed E-state index contributed by atoms with van der Waals surface area (Å²) >= 11 is 5.37. The van der Waals surface area contributed by atoms with E-state index in [9.17, 15) is 13.2 Å². The fourth-order valence-electron chi connectivity index (χ4n) is 0.713. The molecule has 0 aromatic carbocycles. The molecule has 0 aromatic rings. The average molecular weight is 184 g/mol. The molecule has 0 N–H and O–H groups in total. The molecule has 0 spiro atoms. The van der Waals surface area contributed by atoms with Crippen molar-refractivity contribution in [3.63, 3.8) is 0 Å². The Morgan fingerprint density at radius 1 is 1.45 bits per heavy atom. The van der Waals surface area contributed by atoms with E-state index >= 15 is 0 Å². The Labute approximate surface area is 66.6 Å². The van der Waals surface area contributed by atoms with Crippen molar-refractivity contribution in [3.8, 4) is 0 Å². The number of rotatable bonds is 0. The van der Waals surface area contributed by atoms with Crippen LogP contribution in [0.1, 0.15) is 6.42 Å². The van der Waals surface area contributed by atoms with E-state index in [0.29, 0.717) is 0 Å². The summed E-state index contributed by atoms with van der Waals surface area (Å²) < 4.78 is 35.7. The molecule has 0 saturated heterocycles. The molecule has 0 bridgehead atoms. The zero-order valence-electron chi connectivity index (χ0n) is 5.45. The second-order valence-corrected chi connectivity index (χ2v) is 2.56. The fraction of sp³-hybridized carbons (Fsp3) is 0.500. The van der Waals surface area contributed by atoms with Crippen LogP contribution in [0, 0.1) is 0 Å². The normalized spacial score (nSPS) is 19.3. The molecule has 0 amide bonds. The van der Waals surface area contributed by atoms with Crippen LogP contribution in [0.15, 0.2) is 16.6 Å². The van der Waals surface area contributed by atoms with Gasteiger partial charge in [0, 0.05) is 6.42 Å². The van der Waals surface area contributed by atoms with Gasteiger partial charge in [-0.25, -0.2) is 0 Å². The first kappa shape index (κ1) is 8.59. The van der Waals surface area contributed by atoms with Gasteiger partial charge in [-0.1, -0.05) is 17.7 Å². The molecule has 0 fully saturated rings. The summed E-state index contributed by atoms with van der Waals surface area (Å²) in [5.41, 5.74) is -0.609. The van der Waals surface area contributed by atoms with Crippen molar-refractivity contribution in [3.05, 3.63) is 11.6 Å². The molecule has 0 saturated carbocycles. The maximum Gasteiger partial charge on any atom is 0.414 e. The quantitative estimate of drug-likeness (QED) is 0.512. The van der Waals surface area contributed by atoms with E-state index in [-0.39, 0.29) is 18.1 Å². The number of hydrogen-bond donors (Lipinski definition) is 0. The predicted molar refractivity (Wildman–Crippen MR) is 36.9 cm³/mol. The Bertz CT molecular complexity index is 216. The molecule has 1 heterocycles. The van der Waals surface area contributed by atoms with Crippen molar-refractivity contribution in [2.75, 3.05) is 6.54 Å². The van der Waals surface area contributed by atoms with Gasteiger partial charge in [-0.2, -0.15) is 13.2 Å². The Kier molecular flexibility index (Phi) is 2.23. The average Bonchev–Trinajstić information content (AvgIpc) is 1.86. The molecule has 1 rings (SSSR count). The first-order valence-corrected chi connectivity index (χ1v) is 3.33. The van der Waals surface area contributed by atoms with Gasteiger partial charge in [0.05, 0.1) is 12.1 Å². The molecular weight excluding hydrogens is 179 g/mol. The van der Waals surface area contributed by atoms with Gasteiger partial charge in [0.15, 0.2) is 0 Å². The second kappa shape index (κ2) is 2.85. The lowest BCUT2D eigenvalue weighted by atomic mass is 10.2. The van der Waals surface area contributed by atoms with Gasteiger partial charge in [0.1, 0.15) is 5.17 Å². The third kappa shape index (κ3) is 2.22. The number of nitrogens with zero attached hydrogens (tertiary/aromatic N) is 1. The predicted octanol–water partition coefficient (Wildman–Crippen LogP) is 2.52. The van der Waals surface area contributed by atoms with Crippen LogP contribution in [0.2, 0.25) is 0 Å². The highest BCUT2D eigenvalue weighted by atomic mass is 35.5. The van der Waals surface area contributed by atoms with Crippen LogP contribution in [0.3, 0.4) is 0 Å². The molecule has 11 heavy (non-hydrogen) atoms. The second-order valence-electron chi connectivity index (χ2n) is 2.12. The van der Waals surface area contributed by atoms with E-state index < -0.39 is 11.7 Å². The van der Waals surface area contributed by atoms with Crippen LogP contribution in [0.25, 0.3) is 0 Å². The Balaban J connectivity index is 2.66. The molecule has 0 atom stereocenters. The lowest BCUT2D eigenvalue weighted by Crippen LogP contribution is -2.17. The highest BCUT2D eigenvalue weighted by Crippen LogP contribution is 2.28. The van der Waals surface area contributed by atoms with Crippen molar-refractivity contribution < 1.29 is 13.2 Å². The fourth-order valence-corrected chi connectivity index (χ4v) is 0.850. The first-order valence-electron chi connectivity index (χ1n) is 2.95. The maximum atomic E-state index is 11.9. The highest BCUT2D eigenvalue weighted by Gasteiger charge is 2.33. The summed E-state index contributed by atoms with van der Waals surface area (Å²) in [6.07, 6.45) is -3.09. The number of halogens is 4. The topological polar surface area (TPSA) is 12.4 Å². The van der Waals surface area contributed by atoms with Crippen molar-refractivity contribution in [2.24, 2.45) is 4.99 Å². The Morgan fingerprint density at radius 2 is 2.09 bits per heavy atom. The van der Waals surface area contributed by atoms with Crippen molar-refractivity contribution in [1.82, 2.24) is 0 Å². The molecule has 1 aliphatic rings. The molecule has 1 aliphatic heterocycles. The van der Waals surface area contributed by atoms with Crippen LogP contribution >= 0.6 is 11.6 Å². The SMILES string of the molecule is FC(F)(F)C1=CCC(Cl)=NC1. The van der Waals surface area contributed by atoms with Crippen LogP contribution in [0.5, 0.6) is 0 Å². The van der Waals surface area contributed by atoms with Gasteiger partial charge in [-0.05, 0) is 0 Å². The molecule has 0 unspecified atom stereocenters. The molecule has 5 heteroatoms. The minimum atomic E-state index is -4.25. The number of hydrogen-bond acceptors (Lipinski definition) is 1. The van der Waals surface area contributed by atoms with Crippen LogP contribution in [-0.4, -0.2) is 17.9 Å². The summed E-state index contributed by atoms with van der Waals surface area (Å²) in [7, 11) is 0. The van der Waals surface area contributed by atoms with Gasteiger partial charge in [-0.15, -0.1) is 0 Å². The van der Waals surface area contributed by atoms with Crippen molar-refractivity contribution in [1.29, 1.82) is 0 Å². The summed E-state index contributed by atoms with van der Waals surface area (Å²) in [4.78, 5) is 3.47. The first-order chi connectivity index (χ1) is 5.00. The zero-order chi connectivity index (χ0) is 8.48. The lowest BCUT2D eigenvalue weighted by molar-refractivity contribution is -0.0924. The van der Waals surface area contributed by atoms with Gasteiger partial charge in [0.2, 0.25) is 0 Å². The molecule has 0 aliphatic carbocycles. The largest absolute Gasteiger partial charge is 0.414 e. The molecular formula is C6H5ClF3N. The zero-order valence-corrected chi connectivity index (χ0v) is 6.21. The van der Waals surface area contributed by atoms with Crippen LogP contribution in [-0.2, 0) is 0 Å². The third-order valence-corrected chi connectivity index (χ3v) is 1.58. The minimum absolute atomic E-state index is 0.0936. The van der Waals surface area contributed by atoms with Crippen molar-refractivity contribution in [2.45, 2.75) is 12.6 Å². The lowest BCUT2D eigenvalue weighted by Gasteiger charge is -2.12. The van der Waals surface area contributed by atoms with Crippen molar-refractivity contribution >= 4 is 16.8 Å². The Morgan fingerprint density at radius 3 is 2.45 bits per heavy atom. The van der Waals surface area contributed by atoms with Crippen LogP contribution in [0.4, 0.5) is 13.2 Å². The standard InChI is InChI=1S/C6H5ClF3N/c7-5-2-1-4(3-11-5)6(8,9)10/h1H,2-3H2. The summed E-state index contributed by atoms with van der Waals surface area (Å²) in [5.74, 6) is 0. The van der Waals surface area contributed by atoms with Gasteiger partial charge in [-0.3, -0.25) is 4.99 Å². The van der Waals surface area contributed by atoms with E-state index in [0.717, 1.165) is 6.08 Å². The number of aliphatic imine (C=N–C) groups is 1. The third-order valence-electron chi connectivity index (χ3n) is 1.30. The van der Waals surface area contributed by atoms with E-state index in [1.807, 2.05) is 0 Å². The van der Waals surface area contributed by atoms with E-state index in [4.69, 9.17) is 11.6 Å². The number of alkyl halides is 3. The smallest absolute Gasteiger partial charge is 0.272 e. The molecule has 62 valence electrons. The van der Waals surface area contributed by atoms with Crippen LogP contribution < -0.4 is 0 Å². The van der Waals surface area contributed by atoms with Gasteiger partial charge in [0.25, 0.3) is 0 Å². The number of allylic oxidation sites excluding steroid dienone is 1. The Hall–Kier alpha value is -0.510. The maximum absolute atomic E-state index is 11.9. The highest BCUT2D eigenvalue weighted by molar-refractivity contribution is 6.65.